The fourth-order valence-corrected chi connectivity index (χ4v) is 3.49. The van der Waals surface area contributed by atoms with E-state index >= 15 is 0 Å². The minimum Gasteiger partial charge on any atom is -0.384 e. The lowest BCUT2D eigenvalue weighted by molar-refractivity contribution is 0.0793. The first-order valence-electron chi connectivity index (χ1n) is 7.74. The van der Waals surface area contributed by atoms with E-state index in [9.17, 15) is 4.79 Å². The van der Waals surface area contributed by atoms with Gasteiger partial charge in [-0.05, 0) is 37.5 Å². The van der Waals surface area contributed by atoms with Crippen molar-refractivity contribution in [2.75, 3.05) is 18.8 Å². The van der Waals surface area contributed by atoms with Crippen LogP contribution in [0.15, 0.2) is 35.5 Å². The van der Waals surface area contributed by atoms with E-state index in [0.717, 1.165) is 48.5 Å². The Morgan fingerprint density at radius 2 is 1.91 bits per heavy atom. The molecule has 0 aliphatic carbocycles. The van der Waals surface area contributed by atoms with Crippen LogP contribution in [0.1, 0.15) is 34.5 Å². The van der Waals surface area contributed by atoms with Crippen molar-refractivity contribution in [2.24, 2.45) is 0 Å². The molecule has 1 saturated heterocycles. The minimum absolute atomic E-state index is 0.136. The number of rotatable bonds is 4. The van der Waals surface area contributed by atoms with E-state index in [1.807, 2.05) is 36.1 Å². The van der Waals surface area contributed by atoms with Gasteiger partial charge in [0, 0.05) is 36.2 Å². The number of benzene rings is 1. The summed E-state index contributed by atoms with van der Waals surface area (Å²) < 4.78 is 0. The van der Waals surface area contributed by atoms with Gasteiger partial charge < -0.3 is 10.6 Å². The summed E-state index contributed by atoms with van der Waals surface area (Å²) in [5.41, 5.74) is 8.50. The molecule has 6 heteroatoms. The Labute approximate surface area is 140 Å². The van der Waals surface area contributed by atoms with Crippen molar-refractivity contribution in [3.8, 4) is 0 Å². The zero-order valence-corrected chi connectivity index (χ0v) is 14.0. The molecular formula is C17H20N4OS. The number of carbonyl (C=O) groups excluding carboxylic acids is 1. The van der Waals surface area contributed by atoms with E-state index < -0.39 is 0 Å². The third kappa shape index (κ3) is 4.01. The number of carbonyl (C=O) groups is 1. The largest absolute Gasteiger partial charge is 0.384 e. The third-order valence-electron chi connectivity index (χ3n) is 3.82. The molecule has 2 N–H and O–H groups in total. The SMILES string of the molecule is Cc1cc(N)nc(SCc2ccc(C(=O)N3CCCC3)cc2)n1. The first-order chi connectivity index (χ1) is 11.1. The molecule has 2 heterocycles. The van der Waals surface area contributed by atoms with Gasteiger partial charge >= 0.3 is 0 Å². The molecule has 2 aromatic rings. The highest BCUT2D eigenvalue weighted by molar-refractivity contribution is 7.98. The van der Waals surface area contributed by atoms with Gasteiger partial charge in [-0.3, -0.25) is 4.79 Å². The number of nitrogen functional groups attached to an aromatic ring is 1. The van der Waals surface area contributed by atoms with Gasteiger partial charge in [-0.25, -0.2) is 9.97 Å². The van der Waals surface area contributed by atoms with Crippen LogP contribution in [-0.4, -0.2) is 33.9 Å². The predicted octanol–water partition coefficient (Wildman–Crippen LogP) is 2.90. The molecule has 0 bridgehead atoms. The standard InChI is InChI=1S/C17H20N4OS/c1-12-10-15(18)20-17(19-12)23-11-13-4-6-14(7-5-13)16(22)21-8-2-3-9-21/h4-7,10H,2-3,8-9,11H2,1H3,(H2,18,19,20). The number of amides is 1. The van der Waals surface area contributed by atoms with Gasteiger partial charge in [0.1, 0.15) is 5.82 Å². The van der Waals surface area contributed by atoms with Gasteiger partial charge in [0.05, 0.1) is 0 Å². The van der Waals surface area contributed by atoms with Crippen molar-refractivity contribution in [1.82, 2.24) is 14.9 Å². The topological polar surface area (TPSA) is 72.1 Å². The van der Waals surface area contributed by atoms with Crippen molar-refractivity contribution in [3.05, 3.63) is 47.2 Å². The summed E-state index contributed by atoms with van der Waals surface area (Å²) in [5.74, 6) is 1.38. The van der Waals surface area contributed by atoms with Crippen molar-refractivity contribution >= 4 is 23.5 Å². The number of nitrogens with zero attached hydrogens (tertiary/aromatic N) is 3. The van der Waals surface area contributed by atoms with E-state index in [2.05, 4.69) is 9.97 Å². The van der Waals surface area contributed by atoms with Crippen LogP contribution in [0.25, 0.3) is 0 Å². The van der Waals surface area contributed by atoms with Gasteiger partial charge in [-0.2, -0.15) is 0 Å². The molecule has 5 nitrogen and oxygen atoms in total. The lowest BCUT2D eigenvalue weighted by atomic mass is 10.1. The first kappa shape index (κ1) is 15.8. The quantitative estimate of drug-likeness (QED) is 0.690. The normalized spacial score (nSPS) is 14.2. The first-order valence-corrected chi connectivity index (χ1v) is 8.72. The van der Waals surface area contributed by atoms with Gasteiger partial charge in [0.25, 0.3) is 5.91 Å². The number of aromatic nitrogens is 2. The van der Waals surface area contributed by atoms with E-state index in [-0.39, 0.29) is 5.91 Å². The maximum absolute atomic E-state index is 12.3. The molecule has 23 heavy (non-hydrogen) atoms. The number of aryl methyl sites for hydroxylation is 1. The highest BCUT2D eigenvalue weighted by Crippen LogP contribution is 2.21. The average Bonchev–Trinajstić information content (AvgIpc) is 3.06. The number of hydrogen-bond donors (Lipinski definition) is 1. The molecule has 1 fully saturated rings. The van der Waals surface area contributed by atoms with E-state index in [1.54, 1.807) is 17.8 Å². The van der Waals surface area contributed by atoms with Crippen LogP contribution in [-0.2, 0) is 5.75 Å². The Kier molecular flexibility index (Phi) is 4.81. The summed E-state index contributed by atoms with van der Waals surface area (Å²) in [4.78, 5) is 22.8. The minimum atomic E-state index is 0.136. The number of thioether (sulfide) groups is 1. The lowest BCUT2D eigenvalue weighted by Crippen LogP contribution is -2.27. The Bertz CT molecular complexity index is 676. The second-order valence-electron chi connectivity index (χ2n) is 5.70. The molecule has 1 amide bonds. The molecular weight excluding hydrogens is 308 g/mol. The Hall–Kier alpha value is -2.08. The van der Waals surface area contributed by atoms with Crippen molar-refractivity contribution in [2.45, 2.75) is 30.7 Å². The molecule has 0 radical (unpaired) electrons. The van der Waals surface area contributed by atoms with Crippen LogP contribution in [0.3, 0.4) is 0 Å². The lowest BCUT2D eigenvalue weighted by Gasteiger charge is -2.15. The maximum Gasteiger partial charge on any atom is 0.253 e. The fraction of sp³-hybridized carbons (Fsp3) is 0.353. The van der Waals surface area contributed by atoms with Crippen LogP contribution >= 0.6 is 11.8 Å². The predicted molar refractivity (Wildman–Crippen MR) is 92.3 cm³/mol. The van der Waals surface area contributed by atoms with Gasteiger partial charge in [0.2, 0.25) is 0 Å². The summed E-state index contributed by atoms with van der Waals surface area (Å²) in [6, 6.07) is 9.55. The van der Waals surface area contributed by atoms with E-state index in [1.165, 1.54) is 0 Å². The molecule has 0 spiro atoms. The van der Waals surface area contributed by atoms with Crippen LogP contribution in [0.5, 0.6) is 0 Å². The van der Waals surface area contributed by atoms with Crippen molar-refractivity contribution in [3.63, 3.8) is 0 Å². The monoisotopic (exact) mass is 328 g/mol. The number of likely N-dealkylation sites (tertiary alicyclic amines) is 1. The molecule has 1 aromatic carbocycles. The zero-order valence-electron chi connectivity index (χ0n) is 13.2. The second-order valence-corrected chi connectivity index (χ2v) is 6.64. The second kappa shape index (κ2) is 7.00. The smallest absolute Gasteiger partial charge is 0.253 e. The summed E-state index contributed by atoms with van der Waals surface area (Å²) in [5, 5.41) is 0.680. The molecule has 1 aliphatic heterocycles. The summed E-state index contributed by atoms with van der Waals surface area (Å²) in [6.45, 7) is 3.66. The highest BCUT2D eigenvalue weighted by Gasteiger charge is 2.19. The Morgan fingerprint density at radius 1 is 1.22 bits per heavy atom. The van der Waals surface area contributed by atoms with Crippen molar-refractivity contribution < 1.29 is 4.79 Å². The van der Waals surface area contributed by atoms with Gasteiger partial charge in [-0.1, -0.05) is 23.9 Å². The van der Waals surface area contributed by atoms with Crippen LogP contribution < -0.4 is 5.73 Å². The average molecular weight is 328 g/mol. The summed E-state index contributed by atoms with van der Waals surface area (Å²) >= 11 is 1.54. The number of hydrogen-bond acceptors (Lipinski definition) is 5. The Morgan fingerprint density at radius 3 is 2.57 bits per heavy atom. The Balaban J connectivity index is 1.62. The third-order valence-corrected chi connectivity index (χ3v) is 4.73. The molecule has 0 unspecified atom stereocenters. The van der Waals surface area contributed by atoms with Crippen molar-refractivity contribution in [1.29, 1.82) is 0 Å². The number of nitrogens with two attached hydrogens (primary N) is 1. The summed E-state index contributed by atoms with van der Waals surface area (Å²) in [6.07, 6.45) is 2.22. The van der Waals surface area contributed by atoms with E-state index in [4.69, 9.17) is 5.73 Å². The molecule has 1 aromatic heterocycles. The van der Waals surface area contributed by atoms with Crippen LogP contribution in [0.4, 0.5) is 5.82 Å². The summed E-state index contributed by atoms with van der Waals surface area (Å²) in [7, 11) is 0. The van der Waals surface area contributed by atoms with Gasteiger partial charge in [-0.15, -0.1) is 0 Å². The molecule has 3 rings (SSSR count). The van der Waals surface area contributed by atoms with Gasteiger partial charge in [0.15, 0.2) is 5.16 Å². The highest BCUT2D eigenvalue weighted by atomic mass is 32.2. The number of anilines is 1. The molecule has 0 saturated carbocycles. The van der Waals surface area contributed by atoms with Crippen LogP contribution in [0, 0.1) is 6.92 Å². The van der Waals surface area contributed by atoms with E-state index in [0.29, 0.717) is 11.0 Å². The maximum atomic E-state index is 12.3. The molecule has 0 atom stereocenters. The molecule has 1 aliphatic rings. The molecule has 120 valence electrons. The fourth-order valence-electron chi connectivity index (χ4n) is 2.62. The van der Waals surface area contributed by atoms with Crippen LogP contribution in [0.2, 0.25) is 0 Å². The zero-order chi connectivity index (χ0) is 16.2.